The lowest BCUT2D eigenvalue weighted by atomic mass is 9.97. The number of amides is 1. The van der Waals surface area contributed by atoms with E-state index in [0.29, 0.717) is 21.9 Å². The lowest BCUT2D eigenvalue weighted by Crippen LogP contribution is -2.29. The van der Waals surface area contributed by atoms with Crippen molar-refractivity contribution in [3.8, 4) is 0 Å². The fraction of sp³-hybridized carbons (Fsp3) is 0.167. The van der Waals surface area contributed by atoms with Crippen molar-refractivity contribution >= 4 is 40.3 Å². The molecule has 0 N–H and O–H groups in total. The van der Waals surface area contributed by atoms with Crippen molar-refractivity contribution in [2.75, 3.05) is 12.0 Å². The Hall–Kier alpha value is -3.91. The van der Waals surface area contributed by atoms with Crippen LogP contribution in [0.25, 0.3) is 11.0 Å². The van der Waals surface area contributed by atoms with Gasteiger partial charge in [0.15, 0.2) is 11.2 Å². The predicted octanol–water partition coefficient (Wildman–Crippen LogP) is 4.59. The number of hydrogen-bond acceptors (Lipinski definition) is 7. The molecule has 3 heterocycles. The Morgan fingerprint density at radius 3 is 2.48 bits per heavy atom. The third kappa shape index (κ3) is 3.22. The van der Waals surface area contributed by atoms with E-state index in [2.05, 4.69) is 5.16 Å². The van der Waals surface area contributed by atoms with E-state index >= 15 is 0 Å². The Balaban J connectivity index is 1.77. The van der Waals surface area contributed by atoms with Crippen LogP contribution in [0, 0.1) is 13.8 Å². The molecule has 1 amide bonds. The van der Waals surface area contributed by atoms with Gasteiger partial charge in [-0.2, -0.15) is 0 Å². The average Bonchev–Trinajstić information content (AvgIpc) is 3.36. The summed E-state index contributed by atoms with van der Waals surface area (Å²) in [7, 11) is 1.29. The first-order valence-electron chi connectivity index (χ1n) is 10.0. The molecule has 2 aromatic heterocycles. The zero-order valence-corrected chi connectivity index (χ0v) is 18.6. The number of rotatable bonds is 3. The highest BCUT2D eigenvalue weighted by Gasteiger charge is 2.45. The number of benzene rings is 2. The summed E-state index contributed by atoms with van der Waals surface area (Å²) in [6, 6.07) is 10.4. The molecule has 0 saturated carbocycles. The molecule has 5 rings (SSSR count). The normalized spacial score (nSPS) is 15.2. The quantitative estimate of drug-likeness (QED) is 0.408. The van der Waals surface area contributed by atoms with Crippen molar-refractivity contribution in [1.29, 1.82) is 0 Å². The van der Waals surface area contributed by atoms with Gasteiger partial charge in [-0.25, -0.2) is 4.79 Å². The highest BCUT2D eigenvalue weighted by Crippen LogP contribution is 2.41. The summed E-state index contributed by atoms with van der Waals surface area (Å²) in [6.07, 6.45) is 0. The molecule has 0 saturated heterocycles. The molecule has 1 aliphatic rings. The number of ether oxygens (including phenoxy) is 1. The number of carbonyl (C=O) groups is 2. The van der Waals surface area contributed by atoms with Crippen LogP contribution in [0.2, 0.25) is 5.02 Å². The molecule has 166 valence electrons. The highest BCUT2D eigenvalue weighted by molar-refractivity contribution is 6.32. The van der Waals surface area contributed by atoms with E-state index in [9.17, 15) is 14.4 Å². The summed E-state index contributed by atoms with van der Waals surface area (Å²) in [6.45, 7) is 3.49. The molecule has 0 spiro atoms. The molecular formula is C24H17ClN2O6. The number of aromatic nitrogens is 1. The predicted molar refractivity (Wildman–Crippen MR) is 120 cm³/mol. The monoisotopic (exact) mass is 464 g/mol. The van der Waals surface area contributed by atoms with E-state index in [1.54, 1.807) is 56.3 Å². The first-order chi connectivity index (χ1) is 15.8. The minimum atomic E-state index is -0.843. The molecule has 8 nitrogen and oxygen atoms in total. The Morgan fingerprint density at radius 1 is 1.12 bits per heavy atom. The maximum absolute atomic E-state index is 13.6. The van der Waals surface area contributed by atoms with E-state index in [-0.39, 0.29) is 33.5 Å². The molecule has 0 radical (unpaired) electrons. The number of hydrogen-bond donors (Lipinski definition) is 0. The molecule has 0 fully saturated rings. The highest BCUT2D eigenvalue weighted by atomic mass is 35.5. The van der Waals surface area contributed by atoms with Gasteiger partial charge in [-0.1, -0.05) is 28.9 Å². The minimum Gasteiger partial charge on any atom is -0.465 e. The van der Waals surface area contributed by atoms with Crippen LogP contribution in [0.5, 0.6) is 0 Å². The second kappa shape index (κ2) is 7.60. The molecule has 0 unspecified atom stereocenters. The molecule has 0 aliphatic carbocycles. The molecular weight excluding hydrogens is 448 g/mol. The van der Waals surface area contributed by atoms with Crippen LogP contribution in [0.3, 0.4) is 0 Å². The van der Waals surface area contributed by atoms with Crippen LogP contribution in [-0.2, 0) is 4.74 Å². The number of fused-ring (bicyclic) bond motifs is 2. The average molecular weight is 465 g/mol. The van der Waals surface area contributed by atoms with Crippen molar-refractivity contribution in [2.24, 2.45) is 0 Å². The fourth-order valence-corrected chi connectivity index (χ4v) is 4.19. The minimum absolute atomic E-state index is 0.0723. The summed E-state index contributed by atoms with van der Waals surface area (Å²) in [5.74, 6) is -0.350. The Labute approximate surface area is 192 Å². The van der Waals surface area contributed by atoms with Crippen molar-refractivity contribution in [3.63, 3.8) is 0 Å². The standard InChI is InChI=1S/C24H17ClN2O6/c1-11-8-17-15(10-16(11)25)21(28)19-20(13-4-6-14(7-5-13)24(30)31-3)27(23(29)22(19)32-17)18-9-12(2)33-26-18/h4-10,20H,1-3H3/t20-/m1/s1. The zero-order chi connectivity index (χ0) is 23.4. The van der Waals surface area contributed by atoms with Crippen LogP contribution in [0.4, 0.5) is 5.82 Å². The van der Waals surface area contributed by atoms with Gasteiger partial charge in [-0.3, -0.25) is 14.5 Å². The van der Waals surface area contributed by atoms with Gasteiger partial charge in [0.05, 0.1) is 29.7 Å². The summed E-state index contributed by atoms with van der Waals surface area (Å²) in [4.78, 5) is 40.3. The van der Waals surface area contributed by atoms with Crippen LogP contribution >= 0.6 is 11.6 Å². The molecule has 33 heavy (non-hydrogen) atoms. The van der Waals surface area contributed by atoms with Crippen molar-refractivity contribution in [2.45, 2.75) is 19.9 Å². The maximum Gasteiger partial charge on any atom is 0.337 e. The van der Waals surface area contributed by atoms with Crippen molar-refractivity contribution in [3.05, 3.63) is 91.5 Å². The maximum atomic E-state index is 13.6. The third-order valence-electron chi connectivity index (χ3n) is 5.66. The number of anilines is 1. The Morgan fingerprint density at radius 2 is 1.85 bits per heavy atom. The van der Waals surface area contributed by atoms with E-state index in [1.165, 1.54) is 12.0 Å². The summed E-state index contributed by atoms with van der Waals surface area (Å²) in [5, 5.41) is 4.67. The van der Waals surface area contributed by atoms with Crippen molar-refractivity contribution in [1.82, 2.24) is 5.16 Å². The lowest BCUT2D eigenvalue weighted by molar-refractivity contribution is 0.0600. The van der Waals surface area contributed by atoms with Gasteiger partial charge < -0.3 is 13.7 Å². The van der Waals surface area contributed by atoms with Gasteiger partial charge in [-0.05, 0) is 49.2 Å². The van der Waals surface area contributed by atoms with Crippen molar-refractivity contribution < 1.29 is 23.3 Å². The van der Waals surface area contributed by atoms with Crippen LogP contribution in [-0.4, -0.2) is 24.1 Å². The number of aryl methyl sites for hydroxylation is 2. The van der Waals surface area contributed by atoms with Gasteiger partial charge in [0, 0.05) is 11.1 Å². The lowest BCUT2D eigenvalue weighted by Gasteiger charge is -2.22. The van der Waals surface area contributed by atoms with Crippen LogP contribution < -0.4 is 10.3 Å². The van der Waals surface area contributed by atoms with E-state index in [0.717, 1.165) is 5.56 Å². The number of nitrogens with zero attached hydrogens (tertiary/aromatic N) is 2. The zero-order valence-electron chi connectivity index (χ0n) is 17.8. The molecule has 4 aromatic rings. The van der Waals surface area contributed by atoms with E-state index < -0.39 is 17.9 Å². The summed E-state index contributed by atoms with van der Waals surface area (Å²) < 4.78 is 15.9. The van der Waals surface area contributed by atoms with Crippen LogP contribution in [0.15, 0.2) is 56.2 Å². The molecule has 9 heteroatoms. The topological polar surface area (TPSA) is 103 Å². The van der Waals surface area contributed by atoms with Gasteiger partial charge in [0.1, 0.15) is 11.3 Å². The summed E-state index contributed by atoms with van der Waals surface area (Å²) in [5.41, 5.74) is 1.71. The van der Waals surface area contributed by atoms with Gasteiger partial charge in [0.25, 0.3) is 5.91 Å². The van der Waals surface area contributed by atoms with Gasteiger partial charge in [0.2, 0.25) is 5.76 Å². The second-order valence-corrected chi connectivity index (χ2v) is 8.17. The fourth-order valence-electron chi connectivity index (χ4n) is 4.03. The van der Waals surface area contributed by atoms with E-state index in [1.807, 2.05) is 0 Å². The van der Waals surface area contributed by atoms with Gasteiger partial charge in [-0.15, -0.1) is 0 Å². The first-order valence-corrected chi connectivity index (χ1v) is 10.4. The number of methoxy groups -OCH3 is 1. The van der Waals surface area contributed by atoms with E-state index in [4.69, 9.17) is 25.3 Å². The molecule has 2 aromatic carbocycles. The molecule has 0 bridgehead atoms. The number of carbonyl (C=O) groups excluding carboxylic acids is 2. The smallest absolute Gasteiger partial charge is 0.337 e. The second-order valence-electron chi connectivity index (χ2n) is 7.76. The summed E-state index contributed by atoms with van der Waals surface area (Å²) >= 11 is 6.26. The SMILES string of the molecule is COC(=O)c1ccc([C@@H]2c3c(oc4cc(C)c(Cl)cc4c3=O)C(=O)N2c2cc(C)on2)cc1. The number of esters is 1. The molecule has 1 atom stereocenters. The molecule has 1 aliphatic heterocycles. The Bertz CT molecular complexity index is 1500. The van der Waals surface area contributed by atoms with Crippen LogP contribution in [0.1, 0.15) is 49.4 Å². The first kappa shape index (κ1) is 21.0. The van der Waals surface area contributed by atoms with Gasteiger partial charge >= 0.3 is 5.97 Å². The number of halogens is 1. The largest absolute Gasteiger partial charge is 0.465 e. The Kier molecular flexibility index (Phi) is 4.83. The third-order valence-corrected chi connectivity index (χ3v) is 6.07.